The quantitative estimate of drug-likeness (QED) is 0.367. The molecule has 7 nitrogen and oxygen atoms in total. The highest BCUT2D eigenvalue weighted by atomic mass is 16.5. The molecule has 0 saturated heterocycles. The number of hydrogen-bond acceptors (Lipinski definition) is 4. The highest BCUT2D eigenvalue weighted by Crippen LogP contribution is 2.20. The van der Waals surface area contributed by atoms with E-state index in [1.807, 2.05) is 61.5 Å². The Kier molecular flexibility index (Phi) is 6.99. The van der Waals surface area contributed by atoms with E-state index >= 15 is 0 Å². The van der Waals surface area contributed by atoms with Crippen LogP contribution in [-0.2, 0) is 11.2 Å². The molecule has 168 valence electrons. The van der Waals surface area contributed by atoms with Gasteiger partial charge in [0.2, 0.25) is 5.91 Å². The normalized spacial score (nSPS) is 11.7. The summed E-state index contributed by atoms with van der Waals surface area (Å²) in [5, 5.41) is 5.69. The summed E-state index contributed by atoms with van der Waals surface area (Å²) < 4.78 is 5.51. The first-order chi connectivity index (χ1) is 16.1. The van der Waals surface area contributed by atoms with E-state index in [1.165, 1.54) is 0 Å². The lowest BCUT2D eigenvalue weighted by Gasteiger charge is -2.17. The van der Waals surface area contributed by atoms with Crippen LogP contribution in [0.1, 0.15) is 34.7 Å². The van der Waals surface area contributed by atoms with Crippen LogP contribution in [0.5, 0.6) is 5.75 Å². The van der Waals surface area contributed by atoms with Crippen LogP contribution in [0, 0.1) is 0 Å². The second-order valence-electron chi connectivity index (χ2n) is 7.56. The summed E-state index contributed by atoms with van der Waals surface area (Å²) in [4.78, 5) is 33.4. The van der Waals surface area contributed by atoms with E-state index in [4.69, 9.17) is 4.74 Å². The van der Waals surface area contributed by atoms with E-state index in [1.54, 1.807) is 24.3 Å². The van der Waals surface area contributed by atoms with Crippen molar-refractivity contribution in [2.75, 3.05) is 13.2 Å². The number of H-pyrrole nitrogens is 1. The summed E-state index contributed by atoms with van der Waals surface area (Å²) in [6.07, 6.45) is 0.563. The van der Waals surface area contributed by atoms with Crippen molar-refractivity contribution in [3.05, 3.63) is 95.8 Å². The first kappa shape index (κ1) is 22.1. The van der Waals surface area contributed by atoms with E-state index in [9.17, 15) is 9.59 Å². The zero-order valence-corrected chi connectivity index (χ0v) is 18.4. The Balaban J connectivity index is 1.46. The van der Waals surface area contributed by atoms with Gasteiger partial charge in [0.25, 0.3) is 5.91 Å². The van der Waals surface area contributed by atoms with Crippen molar-refractivity contribution >= 4 is 22.8 Å². The Morgan fingerprint density at radius 2 is 1.70 bits per heavy atom. The fourth-order valence-corrected chi connectivity index (χ4v) is 3.64. The fourth-order valence-electron chi connectivity index (χ4n) is 3.64. The van der Waals surface area contributed by atoms with Crippen LogP contribution in [0.25, 0.3) is 11.0 Å². The molecule has 7 heteroatoms. The molecule has 4 aromatic rings. The summed E-state index contributed by atoms with van der Waals surface area (Å²) in [6.45, 7) is 2.14. The van der Waals surface area contributed by atoms with Crippen LogP contribution in [-0.4, -0.2) is 34.9 Å². The predicted molar refractivity (Wildman–Crippen MR) is 127 cm³/mol. The summed E-state index contributed by atoms with van der Waals surface area (Å²) in [5.74, 6) is 0.486. The van der Waals surface area contributed by atoms with Crippen LogP contribution in [0.4, 0.5) is 0 Å². The number of fused-ring (bicyclic) bond motifs is 1. The minimum absolute atomic E-state index is 0.162. The van der Waals surface area contributed by atoms with E-state index in [0.29, 0.717) is 30.2 Å². The maximum absolute atomic E-state index is 12.8. The molecule has 0 bridgehead atoms. The zero-order chi connectivity index (χ0) is 23.0. The van der Waals surface area contributed by atoms with Crippen LogP contribution in [0.2, 0.25) is 0 Å². The molecule has 3 aromatic carbocycles. The number of benzene rings is 3. The summed E-state index contributed by atoms with van der Waals surface area (Å²) >= 11 is 0. The molecule has 0 radical (unpaired) electrons. The molecule has 0 spiro atoms. The molecule has 4 rings (SSSR count). The van der Waals surface area contributed by atoms with E-state index in [-0.39, 0.29) is 24.4 Å². The molecule has 0 saturated carbocycles. The van der Waals surface area contributed by atoms with Gasteiger partial charge in [-0.1, -0.05) is 54.6 Å². The Hall–Kier alpha value is -4.13. The molecule has 33 heavy (non-hydrogen) atoms. The number of imidazole rings is 1. The average molecular weight is 443 g/mol. The van der Waals surface area contributed by atoms with Crippen LogP contribution < -0.4 is 15.4 Å². The van der Waals surface area contributed by atoms with Gasteiger partial charge >= 0.3 is 0 Å². The van der Waals surface area contributed by atoms with Crippen molar-refractivity contribution in [3.8, 4) is 5.75 Å². The minimum Gasteiger partial charge on any atom is -0.493 e. The Labute approximate surface area is 192 Å². The summed E-state index contributed by atoms with van der Waals surface area (Å²) in [7, 11) is 0. The van der Waals surface area contributed by atoms with Crippen LogP contribution >= 0.6 is 0 Å². The number of aromatic amines is 1. The third-order valence-electron chi connectivity index (χ3n) is 5.20. The number of hydrogen-bond donors (Lipinski definition) is 3. The van der Waals surface area contributed by atoms with Gasteiger partial charge in [0.05, 0.1) is 35.8 Å². The molecule has 0 aliphatic rings. The maximum Gasteiger partial charge on any atom is 0.255 e. The number of carbonyl (C=O) groups is 2. The number of para-hydroxylation sites is 3. The minimum atomic E-state index is -0.375. The Morgan fingerprint density at radius 1 is 0.970 bits per heavy atom. The van der Waals surface area contributed by atoms with E-state index in [0.717, 1.165) is 16.6 Å². The number of rotatable bonds is 9. The first-order valence-corrected chi connectivity index (χ1v) is 10.9. The fraction of sp³-hybridized carbons (Fsp3) is 0.192. The molecule has 0 fully saturated rings. The van der Waals surface area contributed by atoms with Gasteiger partial charge in [-0.15, -0.1) is 0 Å². The van der Waals surface area contributed by atoms with Gasteiger partial charge in [0, 0.05) is 0 Å². The molecule has 0 aliphatic heterocycles. The Morgan fingerprint density at radius 3 is 2.48 bits per heavy atom. The number of carbonyl (C=O) groups excluding carboxylic acids is 2. The molecule has 3 N–H and O–H groups in total. The standard InChI is InChI=1S/C26H26N4O3/c1-2-33-23-15-9-6-12-19(23)26(32)27-17-24(31)28-22(16-18-10-4-3-5-11-18)25-29-20-13-7-8-14-21(20)30-25/h3-15,22H,2,16-17H2,1H3,(H,27,32)(H,28,31)(H,29,30)/t22-/m0/s1. The third-order valence-corrected chi connectivity index (χ3v) is 5.20. The largest absolute Gasteiger partial charge is 0.493 e. The highest BCUT2D eigenvalue weighted by Gasteiger charge is 2.20. The highest BCUT2D eigenvalue weighted by molar-refractivity contribution is 5.98. The van der Waals surface area contributed by atoms with Gasteiger partial charge in [-0.2, -0.15) is 0 Å². The molecule has 0 aliphatic carbocycles. The molecule has 0 unspecified atom stereocenters. The number of ether oxygens (including phenoxy) is 1. The van der Waals surface area contributed by atoms with Crippen LogP contribution in [0.15, 0.2) is 78.9 Å². The van der Waals surface area contributed by atoms with Crippen molar-refractivity contribution in [1.82, 2.24) is 20.6 Å². The molecule has 1 atom stereocenters. The lowest BCUT2D eigenvalue weighted by Crippen LogP contribution is -2.39. The monoisotopic (exact) mass is 442 g/mol. The van der Waals surface area contributed by atoms with Crippen molar-refractivity contribution in [1.29, 1.82) is 0 Å². The van der Waals surface area contributed by atoms with Gasteiger partial charge < -0.3 is 20.4 Å². The van der Waals surface area contributed by atoms with E-state index in [2.05, 4.69) is 20.6 Å². The molecular weight excluding hydrogens is 416 g/mol. The van der Waals surface area contributed by atoms with Crippen LogP contribution in [0.3, 0.4) is 0 Å². The van der Waals surface area contributed by atoms with Crippen molar-refractivity contribution < 1.29 is 14.3 Å². The summed E-state index contributed by atoms with van der Waals surface area (Å²) in [6, 6.07) is 24.2. The molecule has 2 amide bonds. The second kappa shape index (κ2) is 10.5. The lowest BCUT2D eigenvalue weighted by atomic mass is 10.1. The topological polar surface area (TPSA) is 96.1 Å². The van der Waals surface area contributed by atoms with Crippen molar-refractivity contribution in [2.24, 2.45) is 0 Å². The first-order valence-electron chi connectivity index (χ1n) is 10.9. The Bertz CT molecular complexity index is 1200. The second-order valence-corrected chi connectivity index (χ2v) is 7.56. The van der Waals surface area contributed by atoms with Gasteiger partial charge in [-0.05, 0) is 43.2 Å². The number of amides is 2. The van der Waals surface area contributed by atoms with Gasteiger partial charge in [0.15, 0.2) is 0 Å². The maximum atomic E-state index is 12.8. The summed E-state index contributed by atoms with van der Waals surface area (Å²) in [5.41, 5.74) is 3.20. The number of nitrogens with one attached hydrogen (secondary N) is 3. The smallest absolute Gasteiger partial charge is 0.255 e. The SMILES string of the molecule is CCOc1ccccc1C(=O)NCC(=O)N[C@@H](Cc1ccccc1)c1nc2ccccc2[nH]1. The molecular formula is C26H26N4O3. The van der Waals surface area contributed by atoms with Crippen molar-refractivity contribution in [3.63, 3.8) is 0 Å². The number of nitrogens with zero attached hydrogens (tertiary/aromatic N) is 1. The number of aromatic nitrogens is 2. The average Bonchev–Trinajstić information content (AvgIpc) is 3.28. The van der Waals surface area contributed by atoms with Gasteiger partial charge in [-0.25, -0.2) is 4.98 Å². The third kappa shape index (κ3) is 5.57. The molecule has 1 aromatic heterocycles. The zero-order valence-electron chi connectivity index (χ0n) is 18.4. The lowest BCUT2D eigenvalue weighted by molar-refractivity contribution is -0.120. The van der Waals surface area contributed by atoms with Crippen molar-refractivity contribution in [2.45, 2.75) is 19.4 Å². The van der Waals surface area contributed by atoms with Gasteiger partial charge in [0.1, 0.15) is 11.6 Å². The van der Waals surface area contributed by atoms with E-state index < -0.39 is 0 Å². The predicted octanol–water partition coefficient (Wildman–Crippen LogP) is 3.79. The molecule has 1 heterocycles. The van der Waals surface area contributed by atoms with Gasteiger partial charge in [-0.3, -0.25) is 9.59 Å².